The Morgan fingerprint density at radius 2 is 1.50 bits per heavy atom. The number of hydrogen-bond donors (Lipinski definition) is 1. The fourth-order valence-corrected chi connectivity index (χ4v) is 2.20. The average Bonchev–Trinajstić information content (AvgIpc) is 2.41. The third kappa shape index (κ3) is 5.47. The van der Waals surface area contributed by atoms with E-state index in [1.807, 2.05) is 62.3 Å². The number of carbonyl (C=O) groups is 1. The second-order valence-electron chi connectivity index (χ2n) is 8.74. The van der Waals surface area contributed by atoms with Crippen LogP contribution in [0.2, 0.25) is 6.32 Å². The highest BCUT2D eigenvalue weighted by Crippen LogP contribution is 2.38. The Hall–Kier alpha value is -0.745. The van der Waals surface area contributed by atoms with Crippen LogP contribution in [0.5, 0.6) is 0 Å². The number of amides is 1. The molecule has 1 heterocycles. The standard InChI is InChI=1S/C16H32BNO4/c1-13(2,3)20-12(19)18-14(4,5)10-11-17-21-15(6,7)16(8,9)22-17/h10-11H2,1-9H3,(H,18,19). The summed E-state index contributed by atoms with van der Waals surface area (Å²) in [5, 5.41) is 2.91. The molecule has 0 aliphatic carbocycles. The van der Waals surface area contributed by atoms with E-state index >= 15 is 0 Å². The number of ether oxygens (including phenoxy) is 1. The van der Waals surface area contributed by atoms with Crippen LogP contribution in [0.1, 0.15) is 68.7 Å². The van der Waals surface area contributed by atoms with E-state index in [1.165, 1.54) is 0 Å². The van der Waals surface area contributed by atoms with Crippen LogP contribution >= 0.6 is 0 Å². The van der Waals surface area contributed by atoms with Crippen LogP contribution < -0.4 is 5.32 Å². The minimum absolute atomic E-state index is 0.246. The molecular weight excluding hydrogens is 281 g/mol. The van der Waals surface area contributed by atoms with Gasteiger partial charge in [-0.05, 0) is 75.1 Å². The smallest absolute Gasteiger partial charge is 0.444 e. The summed E-state index contributed by atoms with van der Waals surface area (Å²) in [5.41, 5.74) is -1.52. The van der Waals surface area contributed by atoms with Gasteiger partial charge in [0.1, 0.15) is 5.60 Å². The Kier molecular flexibility index (Phi) is 5.30. The molecule has 0 aromatic heterocycles. The van der Waals surface area contributed by atoms with Gasteiger partial charge >= 0.3 is 13.2 Å². The Bertz CT molecular complexity index is 397. The zero-order valence-electron chi connectivity index (χ0n) is 15.6. The van der Waals surface area contributed by atoms with Crippen LogP contribution in [-0.4, -0.2) is 35.6 Å². The average molecular weight is 313 g/mol. The van der Waals surface area contributed by atoms with Crippen molar-refractivity contribution in [1.82, 2.24) is 5.32 Å². The summed E-state index contributed by atoms with van der Waals surface area (Å²) in [6, 6.07) is 0. The van der Waals surface area contributed by atoms with Gasteiger partial charge in [-0.25, -0.2) is 4.79 Å². The highest BCUT2D eigenvalue weighted by molar-refractivity contribution is 6.45. The van der Waals surface area contributed by atoms with Crippen molar-refractivity contribution < 1.29 is 18.8 Å². The fourth-order valence-electron chi connectivity index (χ4n) is 2.20. The van der Waals surface area contributed by atoms with Crippen LogP contribution in [0.25, 0.3) is 0 Å². The molecule has 1 rings (SSSR count). The van der Waals surface area contributed by atoms with Crippen LogP contribution in [0.4, 0.5) is 4.79 Å². The second-order valence-corrected chi connectivity index (χ2v) is 8.74. The first-order valence-corrected chi connectivity index (χ1v) is 8.00. The summed E-state index contributed by atoms with van der Waals surface area (Å²) in [7, 11) is -0.246. The number of hydrogen-bond acceptors (Lipinski definition) is 4. The molecule has 0 saturated carbocycles. The van der Waals surface area contributed by atoms with Crippen LogP contribution in [0, 0.1) is 0 Å². The van der Waals surface area contributed by atoms with E-state index in [2.05, 4.69) is 5.32 Å². The molecule has 5 nitrogen and oxygen atoms in total. The second kappa shape index (κ2) is 6.04. The largest absolute Gasteiger partial charge is 0.457 e. The first-order valence-electron chi connectivity index (χ1n) is 8.00. The molecule has 1 N–H and O–H groups in total. The van der Waals surface area contributed by atoms with Crippen molar-refractivity contribution in [3.63, 3.8) is 0 Å². The van der Waals surface area contributed by atoms with Crippen molar-refractivity contribution in [3.8, 4) is 0 Å². The first-order chi connectivity index (χ1) is 9.64. The van der Waals surface area contributed by atoms with Crippen molar-refractivity contribution in [1.29, 1.82) is 0 Å². The van der Waals surface area contributed by atoms with E-state index < -0.39 is 11.7 Å². The van der Waals surface area contributed by atoms with Gasteiger partial charge in [0, 0.05) is 5.54 Å². The summed E-state index contributed by atoms with van der Waals surface area (Å²) >= 11 is 0. The third-order valence-corrected chi connectivity index (χ3v) is 4.15. The maximum absolute atomic E-state index is 11.9. The fraction of sp³-hybridized carbons (Fsp3) is 0.938. The van der Waals surface area contributed by atoms with Crippen molar-refractivity contribution in [2.75, 3.05) is 0 Å². The third-order valence-electron chi connectivity index (χ3n) is 4.15. The molecule has 1 amide bonds. The number of carbonyl (C=O) groups excluding carboxylic acids is 1. The van der Waals surface area contributed by atoms with Gasteiger partial charge in [0.25, 0.3) is 0 Å². The molecule has 0 bridgehead atoms. The van der Waals surface area contributed by atoms with Crippen molar-refractivity contribution in [3.05, 3.63) is 0 Å². The molecule has 6 heteroatoms. The molecule has 1 saturated heterocycles. The van der Waals surface area contributed by atoms with E-state index in [-0.39, 0.29) is 23.9 Å². The van der Waals surface area contributed by atoms with Gasteiger partial charge in [-0.15, -0.1) is 0 Å². The minimum atomic E-state index is -0.494. The summed E-state index contributed by atoms with van der Waals surface area (Å²) in [5.74, 6) is 0. The minimum Gasteiger partial charge on any atom is -0.444 e. The molecule has 1 aliphatic rings. The molecular formula is C16H32BNO4. The normalized spacial score (nSPS) is 20.9. The SMILES string of the molecule is CC(C)(CCB1OC(C)(C)C(C)(C)O1)NC(=O)OC(C)(C)C. The zero-order valence-corrected chi connectivity index (χ0v) is 15.6. The molecule has 0 aromatic carbocycles. The topological polar surface area (TPSA) is 56.8 Å². The number of rotatable bonds is 4. The predicted molar refractivity (Wildman–Crippen MR) is 89.0 cm³/mol. The van der Waals surface area contributed by atoms with E-state index in [0.29, 0.717) is 0 Å². The molecule has 1 fully saturated rings. The van der Waals surface area contributed by atoms with Gasteiger partial charge < -0.3 is 19.4 Å². The van der Waals surface area contributed by atoms with Gasteiger partial charge in [-0.2, -0.15) is 0 Å². The van der Waals surface area contributed by atoms with E-state index in [0.717, 1.165) is 12.7 Å². The van der Waals surface area contributed by atoms with Crippen LogP contribution in [0.15, 0.2) is 0 Å². The maximum Gasteiger partial charge on any atom is 0.457 e. The highest BCUT2D eigenvalue weighted by Gasteiger charge is 2.50. The van der Waals surface area contributed by atoms with Gasteiger partial charge in [-0.1, -0.05) is 0 Å². The molecule has 0 aromatic rings. The Morgan fingerprint density at radius 1 is 1.05 bits per heavy atom. The molecule has 0 atom stereocenters. The van der Waals surface area contributed by atoms with Crippen LogP contribution in [0.3, 0.4) is 0 Å². The zero-order chi connectivity index (χ0) is 17.4. The Balaban J connectivity index is 2.48. The summed E-state index contributed by atoms with van der Waals surface area (Å²) in [6.07, 6.45) is 1.06. The molecule has 0 spiro atoms. The number of nitrogens with one attached hydrogen (secondary N) is 1. The van der Waals surface area contributed by atoms with Crippen molar-refractivity contribution >= 4 is 13.2 Å². The molecule has 22 heavy (non-hydrogen) atoms. The van der Waals surface area contributed by atoms with E-state index in [1.54, 1.807) is 0 Å². The van der Waals surface area contributed by atoms with E-state index in [9.17, 15) is 4.79 Å². The van der Waals surface area contributed by atoms with Gasteiger partial charge in [0.05, 0.1) is 11.2 Å². The van der Waals surface area contributed by atoms with Crippen molar-refractivity contribution in [2.45, 2.75) is 97.4 Å². The summed E-state index contributed by atoms with van der Waals surface area (Å²) < 4.78 is 17.3. The molecule has 1 aliphatic heterocycles. The quantitative estimate of drug-likeness (QED) is 0.803. The van der Waals surface area contributed by atoms with Gasteiger partial charge in [-0.3, -0.25) is 0 Å². The molecule has 128 valence electrons. The lowest BCUT2D eigenvalue weighted by molar-refractivity contribution is 0.00578. The molecule has 0 radical (unpaired) electrons. The Morgan fingerprint density at radius 3 is 1.91 bits per heavy atom. The maximum atomic E-state index is 11.9. The Labute approximate surface area is 135 Å². The molecule has 0 unspecified atom stereocenters. The lowest BCUT2D eigenvalue weighted by Gasteiger charge is -2.32. The summed E-state index contributed by atoms with van der Waals surface area (Å²) in [6.45, 7) is 17.7. The lowest BCUT2D eigenvalue weighted by atomic mass is 9.78. The lowest BCUT2D eigenvalue weighted by Crippen LogP contribution is -2.46. The summed E-state index contributed by atoms with van der Waals surface area (Å²) in [4.78, 5) is 11.9. The number of alkyl carbamates (subject to hydrolysis) is 1. The predicted octanol–water partition coefficient (Wildman–Crippen LogP) is 3.77. The monoisotopic (exact) mass is 313 g/mol. The van der Waals surface area contributed by atoms with Crippen molar-refractivity contribution in [2.24, 2.45) is 0 Å². The first kappa shape index (κ1) is 19.3. The highest BCUT2D eigenvalue weighted by atomic mass is 16.7. The van der Waals surface area contributed by atoms with E-state index in [4.69, 9.17) is 14.0 Å². The van der Waals surface area contributed by atoms with Crippen LogP contribution in [-0.2, 0) is 14.0 Å². The van der Waals surface area contributed by atoms with Gasteiger partial charge in [0.15, 0.2) is 0 Å². The van der Waals surface area contributed by atoms with Gasteiger partial charge in [0.2, 0.25) is 0 Å².